The molecule has 0 radical (unpaired) electrons. The normalized spacial score (nSPS) is 13.9. The Labute approximate surface area is 149 Å². The van der Waals surface area contributed by atoms with E-state index in [1.54, 1.807) is 36.4 Å². The minimum Gasteiger partial charge on any atom is -0.459 e. The smallest absolute Gasteiger partial charge is 0.338 e. The van der Waals surface area contributed by atoms with E-state index < -0.39 is 36.9 Å². The molecule has 0 fully saturated rings. The van der Waals surface area contributed by atoms with Crippen molar-refractivity contribution in [2.45, 2.75) is 18.3 Å². The summed E-state index contributed by atoms with van der Waals surface area (Å²) in [7, 11) is 0. The Morgan fingerprint density at radius 1 is 0.885 bits per heavy atom. The quantitative estimate of drug-likeness (QED) is 0.535. The van der Waals surface area contributed by atoms with Crippen molar-refractivity contribution in [1.82, 2.24) is 0 Å². The van der Waals surface area contributed by atoms with Crippen LogP contribution in [0.2, 0.25) is 0 Å². The molecule has 0 saturated heterocycles. The number of hydrogen-bond donors (Lipinski definition) is 2. The van der Waals surface area contributed by atoms with E-state index in [4.69, 9.17) is 9.47 Å². The van der Waals surface area contributed by atoms with E-state index in [0.29, 0.717) is 0 Å². The van der Waals surface area contributed by atoms with Crippen LogP contribution in [0.1, 0.15) is 20.7 Å². The van der Waals surface area contributed by atoms with E-state index in [2.05, 4.69) is 0 Å². The number of hydrogen-bond acceptors (Lipinski definition) is 7. The molecule has 2 rings (SSSR count). The lowest BCUT2D eigenvalue weighted by Gasteiger charge is -2.24. The maximum atomic E-state index is 12.1. The molecule has 136 valence electrons. The van der Waals surface area contributed by atoms with Crippen LogP contribution in [0.5, 0.6) is 0 Å². The molecule has 7 nitrogen and oxygen atoms in total. The molecule has 0 bridgehead atoms. The number of esters is 2. The zero-order chi connectivity index (χ0) is 18.9. The highest BCUT2D eigenvalue weighted by Gasteiger charge is 2.32. The second-order valence-corrected chi connectivity index (χ2v) is 5.39. The summed E-state index contributed by atoms with van der Waals surface area (Å²) in [5, 5.41) is 19.8. The number of rotatable bonds is 8. The van der Waals surface area contributed by atoms with Gasteiger partial charge >= 0.3 is 11.9 Å². The number of carbonyl (C=O) groups is 3. The number of benzene rings is 2. The van der Waals surface area contributed by atoms with Crippen molar-refractivity contribution < 1.29 is 34.1 Å². The summed E-state index contributed by atoms with van der Waals surface area (Å²) in [4.78, 5) is 34.8. The van der Waals surface area contributed by atoms with E-state index >= 15 is 0 Å². The van der Waals surface area contributed by atoms with Crippen molar-refractivity contribution in [2.24, 2.45) is 0 Å². The van der Waals surface area contributed by atoms with Gasteiger partial charge in [0, 0.05) is 0 Å². The SMILES string of the molecule is O=CC(O)C(OC(=O)c1ccccc1)C(O)COC(=O)c1ccccc1. The highest BCUT2D eigenvalue weighted by molar-refractivity contribution is 5.90. The van der Waals surface area contributed by atoms with Gasteiger partial charge in [-0.05, 0) is 24.3 Å². The van der Waals surface area contributed by atoms with Crippen molar-refractivity contribution >= 4 is 18.2 Å². The Morgan fingerprint density at radius 2 is 1.38 bits per heavy atom. The van der Waals surface area contributed by atoms with Crippen molar-refractivity contribution in [1.29, 1.82) is 0 Å². The van der Waals surface area contributed by atoms with Crippen LogP contribution in [0, 0.1) is 0 Å². The molecule has 26 heavy (non-hydrogen) atoms. The molecule has 0 saturated carbocycles. The van der Waals surface area contributed by atoms with Gasteiger partial charge in [-0.2, -0.15) is 0 Å². The Morgan fingerprint density at radius 3 is 1.88 bits per heavy atom. The lowest BCUT2D eigenvalue weighted by molar-refractivity contribution is -0.129. The predicted octanol–water partition coefficient (Wildman–Crippen LogP) is 0.990. The van der Waals surface area contributed by atoms with E-state index in [9.17, 15) is 24.6 Å². The van der Waals surface area contributed by atoms with Gasteiger partial charge in [0.25, 0.3) is 0 Å². The Kier molecular flexibility index (Phi) is 7.02. The molecule has 3 unspecified atom stereocenters. The topological polar surface area (TPSA) is 110 Å². The number of carbonyl (C=O) groups excluding carboxylic acids is 3. The number of aliphatic hydroxyl groups excluding tert-OH is 2. The molecule has 7 heteroatoms. The van der Waals surface area contributed by atoms with Gasteiger partial charge in [-0.3, -0.25) is 0 Å². The summed E-state index contributed by atoms with van der Waals surface area (Å²) < 4.78 is 9.97. The van der Waals surface area contributed by atoms with Crippen LogP contribution in [-0.2, 0) is 14.3 Å². The molecular formula is C19H18O7. The maximum Gasteiger partial charge on any atom is 0.338 e. The zero-order valence-electron chi connectivity index (χ0n) is 13.7. The van der Waals surface area contributed by atoms with Gasteiger partial charge in [-0.15, -0.1) is 0 Å². The van der Waals surface area contributed by atoms with Gasteiger partial charge in [-0.25, -0.2) is 9.59 Å². The van der Waals surface area contributed by atoms with Crippen molar-refractivity contribution in [3.63, 3.8) is 0 Å². The molecule has 0 aliphatic heterocycles. The van der Waals surface area contributed by atoms with E-state index in [0.717, 1.165) is 0 Å². The monoisotopic (exact) mass is 358 g/mol. The summed E-state index contributed by atoms with van der Waals surface area (Å²) in [5.41, 5.74) is 0.456. The Balaban J connectivity index is 2.00. The third kappa shape index (κ3) is 5.23. The van der Waals surface area contributed by atoms with Gasteiger partial charge in [0.1, 0.15) is 18.8 Å². The summed E-state index contributed by atoms with van der Waals surface area (Å²) in [6.45, 7) is -0.564. The molecule has 2 N–H and O–H groups in total. The Hall–Kier alpha value is -3.03. The molecule has 0 aromatic heterocycles. The average molecular weight is 358 g/mol. The van der Waals surface area contributed by atoms with Crippen LogP contribution in [0.4, 0.5) is 0 Å². The third-order valence-electron chi connectivity index (χ3n) is 3.50. The molecule has 0 aliphatic carbocycles. The first kappa shape index (κ1) is 19.3. The van der Waals surface area contributed by atoms with Crippen molar-refractivity contribution in [3.8, 4) is 0 Å². The van der Waals surface area contributed by atoms with E-state index in [-0.39, 0.29) is 17.4 Å². The van der Waals surface area contributed by atoms with Gasteiger partial charge in [0.05, 0.1) is 11.1 Å². The van der Waals surface area contributed by atoms with Crippen LogP contribution in [0.15, 0.2) is 60.7 Å². The van der Waals surface area contributed by atoms with Crippen LogP contribution < -0.4 is 0 Å². The summed E-state index contributed by atoms with van der Waals surface area (Å²) in [5.74, 6) is -1.52. The maximum absolute atomic E-state index is 12.1. The fourth-order valence-corrected chi connectivity index (χ4v) is 2.13. The van der Waals surface area contributed by atoms with Gasteiger partial charge in [0.15, 0.2) is 12.4 Å². The molecule has 2 aromatic rings. The first-order chi connectivity index (χ1) is 12.5. The molecular weight excluding hydrogens is 340 g/mol. The molecule has 3 atom stereocenters. The Bertz CT molecular complexity index is 730. The largest absolute Gasteiger partial charge is 0.459 e. The first-order valence-corrected chi connectivity index (χ1v) is 7.82. The number of aliphatic hydroxyl groups is 2. The highest BCUT2D eigenvalue weighted by atomic mass is 16.6. The lowest BCUT2D eigenvalue weighted by Crippen LogP contribution is -2.44. The standard InChI is InChI=1S/C19H18O7/c20-11-15(21)17(26-19(24)14-9-5-2-6-10-14)16(22)12-25-18(23)13-7-3-1-4-8-13/h1-11,15-17,21-22H,12H2. The van der Waals surface area contributed by atoms with Crippen molar-refractivity contribution in [3.05, 3.63) is 71.8 Å². The first-order valence-electron chi connectivity index (χ1n) is 7.82. The zero-order valence-corrected chi connectivity index (χ0v) is 13.7. The number of aldehydes is 1. The molecule has 2 aromatic carbocycles. The van der Waals surface area contributed by atoms with Crippen LogP contribution >= 0.6 is 0 Å². The minimum absolute atomic E-state index is 0.130. The minimum atomic E-state index is -1.77. The van der Waals surface area contributed by atoms with Crippen LogP contribution in [0.25, 0.3) is 0 Å². The lowest BCUT2D eigenvalue weighted by atomic mass is 10.1. The van der Waals surface area contributed by atoms with Crippen LogP contribution in [0.3, 0.4) is 0 Å². The third-order valence-corrected chi connectivity index (χ3v) is 3.50. The van der Waals surface area contributed by atoms with E-state index in [1.807, 2.05) is 0 Å². The van der Waals surface area contributed by atoms with Gasteiger partial charge in [0.2, 0.25) is 0 Å². The van der Waals surface area contributed by atoms with Gasteiger partial charge < -0.3 is 24.5 Å². The second kappa shape index (κ2) is 9.45. The summed E-state index contributed by atoms with van der Waals surface area (Å²) >= 11 is 0. The molecule has 0 aliphatic rings. The summed E-state index contributed by atoms with van der Waals surface area (Å²) in [6, 6.07) is 16.0. The molecule has 0 amide bonds. The number of ether oxygens (including phenoxy) is 2. The molecule has 0 heterocycles. The fourth-order valence-electron chi connectivity index (χ4n) is 2.13. The average Bonchev–Trinajstić information content (AvgIpc) is 2.70. The predicted molar refractivity (Wildman–Crippen MR) is 90.4 cm³/mol. The second-order valence-electron chi connectivity index (χ2n) is 5.39. The van der Waals surface area contributed by atoms with E-state index in [1.165, 1.54) is 24.3 Å². The fraction of sp³-hybridized carbons (Fsp3) is 0.211. The summed E-state index contributed by atoms with van der Waals surface area (Å²) in [6.07, 6.45) is -4.81. The highest BCUT2D eigenvalue weighted by Crippen LogP contribution is 2.11. The van der Waals surface area contributed by atoms with Gasteiger partial charge in [-0.1, -0.05) is 36.4 Å². The molecule has 0 spiro atoms. The van der Waals surface area contributed by atoms with Crippen LogP contribution in [-0.4, -0.2) is 53.4 Å². The van der Waals surface area contributed by atoms with Crippen molar-refractivity contribution in [2.75, 3.05) is 6.61 Å².